The van der Waals surface area contributed by atoms with E-state index < -0.39 is 6.10 Å². The molecule has 0 aromatic carbocycles. The second kappa shape index (κ2) is 4.72. The second-order valence-corrected chi connectivity index (χ2v) is 2.67. The third-order valence-corrected chi connectivity index (χ3v) is 1.67. The molecule has 1 aliphatic rings. The summed E-state index contributed by atoms with van der Waals surface area (Å²) in [5.74, 6) is 0. The Morgan fingerprint density at radius 2 is 2.42 bits per heavy atom. The molecule has 66 valence electrons. The molecule has 3 heteroatoms. The Labute approximate surface area is 71.3 Å². The van der Waals surface area contributed by atoms with Crippen molar-refractivity contribution < 1.29 is 14.6 Å². The highest BCUT2D eigenvalue weighted by molar-refractivity contribution is 5.55. The lowest BCUT2D eigenvalue weighted by Crippen LogP contribution is -2.14. The highest BCUT2D eigenvalue weighted by atomic mass is 16.5. The van der Waals surface area contributed by atoms with Gasteiger partial charge in [0.15, 0.2) is 0 Å². The van der Waals surface area contributed by atoms with E-state index in [4.69, 9.17) is 9.84 Å². The first kappa shape index (κ1) is 9.00. The Morgan fingerprint density at radius 3 is 3.00 bits per heavy atom. The number of aldehydes is 1. The lowest BCUT2D eigenvalue weighted by atomic mass is 10.1. The van der Waals surface area contributed by atoms with Crippen molar-refractivity contribution in [1.82, 2.24) is 0 Å². The van der Waals surface area contributed by atoms with Crippen LogP contribution in [0.3, 0.4) is 0 Å². The third-order valence-electron chi connectivity index (χ3n) is 1.67. The van der Waals surface area contributed by atoms with Crippen molar-refractivity contribution in [2.45, 2.75) is 25.0 Å². The van der Waals surface area contributed by atoms with Crippen molar-refractivity contribution in [3.63, 3.8) is 0 Å². The van der Waals surface area contributed by atoms with Crippen LogP contribution in [0.25, 0.3) is 0 Å². The molecule has 0 aliphatic carbocycles. The quantitative estimate of drug-likeness (QED) is 0.631. The SMILES string of the molecule is O=CC(O)CCC1C=CC=CO1. The molecule has 0 saturated carbocycles. The van der Waals surface area contributed by atoms with Gasteiger partial charge in [-0.2, -0.15) is 0 Å². The van der Waals surface area contributed by atoms with Gasteiger partial charge in [0.2, 0.25) is 0 Å². The summed E-state index contributed by atoms with van der Waals surface area (Å²) in [6.07, 6.45) is 8.01. The smallest absolute Gasteiger partial charge is 0.148 e. The first-order valence-electron chi connectivity index (χ1n) is 3.95. The summed E-state index contributed by atoms with van der Waals surface area (Å²) in [5, 5.41) is 8.92. The minimum Gasteiger partial charge on any atom is -0.494 e. The molecule has 1 heterocycles. The van der Waals surface area contributed by atoms with E-state index in [1.807, 2.05) is 12.2 Å². The molecule has 1 N–H and O–H groups in total. The molecule has 12 heavy (non-hydrogen) atoms. The number of allylic oxidation sites excluding steroid dienone is 2. The zero-order chi connectivity index (χ0) is 8.81. The Balaban J connectivity index is 2.19. The van der Waals surface area contributed by atoms with Gasteiger partial charge >= 0.3 is 0 Å². The number of ether oxygens (including phenoxy) is 1. The maximum absolute atomic E-state index is 10.1. The van der Waals surface area contributed by atoms with Crippen molar-refractivity contribution >= 4 is 6.29 Å². The minimum atomic E-state index is -0.854. The molecule has 0 aromatic heterocycles. The average molecular weight is 168 g/mol. The Hall–Kier alpha value is -1.09. The largest absolute Gasteiger partial charge is 0.494 e. The van der Waals surface area contributed by atoms with Gasteiger partial charge in [0.25, 0.3) is 0 Å². The Morgan fingerprint density at radius 1 is 1.58 bits per heavy atom. The van der Waals surface area contributed by atoms with E-state index in [1.165, 1.54) is 0 Å². The fourth-order valence-corrected chi connectivity index (χ4v) is 0.992. The van der Waals surface area contributed by atoms with Gasteiger partial charge in [-0.3, -0.25) is 0 Å². The van der Waals surface area contributed by atoms with Crippen molar-refractivity contribution in [2.75, 3.05) is 0 Å². The molecule has 0 fully saturated rings. The van der Waals surface area contributed by atoms with Crippen LogP contribution in [0.5, 0.6) is 0 Å². The van der Waals surface area contributed by atoms with Crippen LogP contribution >= 0.6 is 0 Å². The predicted molar refractivity (Wildman–Crippen MR) is 44.5 cm³/mol. The van der Waals surface area contributed by atoms with E-state index >= 15 is 0 Å². The molecule has 0 radical (unpaired) electrons. The van der Waals surface area contributed by atoms with E-state index in [0.717, 1.165) is 0 Å². The number of hydrogen-bond acceptors (Lipinski definition) is 3. The average Bonchev–Trinajstić information content (AvgIpc) is 2.16. The zero-order valence-corrected chi connectivity index (χ0v) is 6.72. The summed E-state index contributed by atoms with van der Waals surface area (Å²) in [6, 6.07) is 0. The van der Waals surface area contributed by atoms with E-state index in [1.54, 1.807) is 12.3 Å². The molecule has 1 rings (SSSR count). The molecule has 0 saturated heterocycles. The van der Waals surface area contributed by atoms with Crippen LogP contribution in [0.4, 0.5) is 0 Å². The fraction of sp³-hybridized carbons (Fsp3) is 0.444. The van der Waals surface area contributed by atoms with Crippen molar-refractivity contribution in [1.29, 1.82) is 0 Å². The van der Waals surface area contributed by atoms with Crippen LogP contribution in [0.2, 0.25) is 0 Å². The first-order valence-corrected chi connectivity index (χ1v) is 3.95. The van der Waals surface area contributed by atoms with Gasteiger partial charge in [-0.1, -0.05) is 6.08 Å². The molecule has 0 aromatic rings. The summed E-state index contributed by atoms with van der Waals surface area (Å²) in [7, 11) is 0. The van der Waals surface area contributed by atoms with Crippen LogP contribution in [0.15, 0.2) is 24.5 Å². The molecule has 0 amide bonds. The molecule has 2 unspecified atom stereocenters. The summed E-state index contributed by atoms with van der Waals surface area (Å²) < 4.78 is 5.18. The molecular formula is C9H12O3. The zero-order valence-electron chi connectivity index (χ0n) is 6.72. The van der Waals surface area contributed by atoms with Crippen LogP contribution < -0.4 is 0 Å². The van der Waals surface area contributed by atoms with Gasteiger partial charge < -0.3 is 14.6 Å². The summed E-state index contributed by atoms with van der Waals surface area (Å²) in [4.78, 5) is 10.1. The number of carbonyl (C=O) groups is 1. The van der Waals surface area contributed by atoms with Crippen molar-refractivity contribution in [3.05, 3.63) is 24.5 Å². The fourth-order valence-electron chi connectivity index (χ4n) is 0.992. The molecular weight excluding hydrogens is 156 g/mol. The molecule has 2 atom stereocenters. The predicted octanol–water partition coefficient (Wildman–Crippen LogP) is 0.795. The van der Waals surface area contributed by atoms with Gasteiger partial charge in [0, 0.05) is 0 Å². The minimum absolute atomic E-state index is 0.00426. The first-order chi connectivity index (χ1) is 5.83. The molecule has 0 spiro atoms. The van der Waals surface area contributed by atoms with E-state index in [9.17, 15) is 4.79 Å². The van der Waals surface area contributed by atoms with Gasteiger partial charge in [0.1, 0.15) is 18.5 Å². The highest BCUT2D eigenvalue weighted by Gasteiger charge is 2.09. The Bertz CT molecular complexity index is 196. The molecule has 1 aliphatic heterocycles. The normalized spacial score (nSPS) is 23.2. The maximum atomic E-state index is 10.1. The maximum Gasteiger partial charge on any atom is 0.148 e. The van der Waals surface area contributed by atoms with Crippen LogP contribution in [-0.2, 0) is 9.53 Å². The van der Waals surface area contributed by atoms with Gasteiger partial charge in [-0.15, -0.1) is 0 Å². The number of aliphatic hydroxyl groups excluding tert-OH is 1. The van der Waals surface area contributed by atoms with Crippen molar-refractivity contribution in [2.24, 2.45) is 0 Å². The lowest BCUT2D eigenvalue weighted by molar-refractivity contribution is -0.115. The van der Waals surface area contributed by atoms with E-state index in [2.05, 4.69) is 0 Å². The number of rotatable bonds is 4. The summed E-state index contributed by atoms with van der Waals surface area (Å²) in [5.41, 5.74) is 0. The van der Waals surface area contributed by atoms with Crippen LogP contribution in [0, 0.1) is 0 Å². The number of aliphatic hydroxyl groups is 1. The highest BCUT2D eigenvalue weighted by Crippen LogP contribution is 2.09. The van der Waals surface area contributed by atoms with Gasteiger partial charge in [-0.05, 0) is 25.0 Å². The summed E-state index contributed by atoms with van der Waals surface area (Å²) in [6.45, 7) is 0. The number of hydrogen-bond donors (Lipinski definition) is 1. The van der Waals surface area contributed by atoms with Crippen molar-refractivity contribution in [3.8, 4) is 0 Å². The monoisotopic (exact) mass is 168 g/mol. The standard InChI is InChI=1S/C9H12O3/c10-7-8(11)4-5-9-3-1-2-6-12-9/h1-3,6-9,11H,4-5H2. The van der Waals surface area contributed by atoms with Crippen LogP contribution in [0.1, 0.15) is 12.8 Å². The van der Waals surface area contributed by atoms with Gasteiger partial charge in [-0.25, -0.2) is 0 Å². The summed E-state index contributed by atoms with van der Waals surface area (Å²) >= 11 is 0. The topological polar surface area (TPSA) is 46.5 Å². The second-order valence-electron chi connectivity index (χ2n) is 2.67. The lowest BCUT2D eigenvalue weighted by Gasteiger charge is -2.14. The van der Waals surface area contributed by atoms with E-state index in [0.29, 0.717) is 19.1 Å². The molecule has 0 bridgehead atoms. The van der Waals surface area contributed by atoms with Gasteiger partial charge in [0.05, 0.1) is 6.26 Å². The number of carbonyl (C=O) groups excluding carboxylic acids is 1. The third kappa shape index (κ3) is 2.88. The van der Waals surface area contributed by atoms with Crippen LogP contribution in [-0.4, -0.2) is 23.6 Å². The van der Waals surface area contributed by atoms with E-state index in [-0.39, 0.29) is 6.10 Å². The molecule has 3 nitrogen and oxygen atoms in total. The Kier molecular flexibility index (Phi) is 3.54.